The van der Waals surface area contributed by atoms with E-state index in [-0.39, 0.29) is 58.3 Å². The van der Waals surface area contributed by atoms with Crippen molar-refractivity contribution in [1.29, 1.82) is 0 Å². The highest BCUT2D eigenvalue weighted by molar-refractivity contribution is 6.07. The van der Waals surface area contributed by atoms with E-state index in [0.29, 0.717) is 5.82 Å². The van der Waals surface area contributed by atoms with E-state index in [1.807, 2.05) is 0 Å². The van der Waals surface area contributed by atoms with E-state index in [2.05, 4.69) is 46.4 Å². The number of carboxylic acids is 2. The number of imidazole rings is 1. The van der Waals surface area contributed by atoms with Gasteiger partial charge in [-0.2, -0.15) is 0 Å². The highest BCUT2D eigenvalue weighted by Gasteiger charge is 2.20. The first-order valence-electron chi connectivity index (χ1n) is 13.7. The van der Waals surface area contributed by atoms with Crippen LogP contribution >= 0.6 is 0 Å². The number of tetrazole rings is 1. The van der Waals surface area contributed by atoms with Crippen molar-refractivity contribution in [2.24, 2.45) is 0 Å². The summed E-state index contributed by atoms with van der Waals surface area (Å²) in [6.07, 6.45) is 4.60. The molecule has 0 aliphatic rings. The molecule has 0 aliphatic heterocycles. The maximum Gasteiger partial charge on any atom is 0.337 e. The summed E-state index contributed by atoms with van der Waals surface area (Å²) >= 11 is 0. The molecule has 4 N–H and O–H groups in total. The average Bonchev–Trinajstić information content (AvgIpc) is 3.78. The van der Waals surface area contributed by atoms with Crippen LogP contribution in [0.25, 0.3) is 11.5 Å². The van der Waals surface area contributed by atoms with E-state index in [9.17, 15) is 33.8 Å². The number of hydrogen-bond acceptors (Lipinski definition) is 12. The van der Waals surface area contributed by atoms with E-state index in [1.165, 1.54) is 48.8 Å². The highest BCUT2D eigenvalue weighted by Crippen LogP contribution is 2.26. The Balaban J connectivity index is 1.15. The van der Waals surface area contributed by atoms with Crippen molar-refractivity contribution in [3.05, 3.63) is 107 Å². The van der Waals surface area contributed by atoms with Crippen LogP contribution in [-0.4, -0.2) is 85.6 Å². The van der Waals surface area contributed by atoms with Crippen molar-refractivity contribution in [1.82, 2.24) is 45.0 Å². The number of nitrogens with zero attached hydrogens (tertiary/aromatic N) is 9. The van der Waals surface area contributed by atoms with Gasteiger partial charge in [-0.1, -0.05) is 0 Å². The summed E-state index contributed by atoms with van der Waals surface area (Å²) in [5, 5.41) is 46.7. The van der Waals surface area contributed by atoms with Gasteiger partial charge in [-0.25, -0.2) is 19.0 Å². The number of anilines is 2. The Labute approximate surface area is 266 Å². The number of nitrogens with one attached hydrogen (secondary N) is 2. The van der Waals surface area contributed by atoms with Gasteiger partial charge in [0, 0.05) is 24.9 Å². The topological polar surface area (TPSA) is 242 Å². The number of amides is 2. The second-order valence-corrected chi connectivity index (χ2v) is 9.81. The lowest BCUT2D eigenvalue weighted by molar-refractivity contribution is 0.0686. The van der Waals surface area contributed by atoms with Crippen LogP contribution in [0.3, 0.4) is 0 Å². The van der Waals surface area contributed by atoms with Gasteiger partial charge in [-0.05, 0) is 64.5 Å². The van der Waals surface area contributed by atoms with Crippen molar-refractivity contribution in [2.45, 2.75) is 6.42 Å². The van der Waals surface area contributed by atoms with Crippen molar-refractivity contribution in [3.63, 3.8) is 0 Å². The Morgan fingerprint density at radius 3 is 2.29 bits per heavy atom. The molecule has 2 amide bonds. The van der Waals surface area contributed by atoms with Crippen LogP contribution in [-0.2, 0) is 6.42 Å². The number of ether oxygens (including phenoxy) is 1. The van der Waals surface area contributed by atoms with E-state index < -0.39 is 35.1 Å². The fourth-order valence-electron chi connectivity index (χ4n) is 4.39. The molecule has 0 spiro atoms. The molecule has 4 heterocycles. The van der Waals surface area contributed by atoms with Gasteiger partial charge in [0.25, 0.3) is 11.8 Å². The molecule has 0 aliphatic carbocycles. The zero-order chi connectivity index (χ0) is 33.8. The number of aromatic carboxylic acids is 2. The Kier molecular flexibility index (Phi) is 8.38. The summed E-state index contributed by atoms with van der Waals surface area (Å²) in [5.41, 5.74) is -0.959. The molecule has 0 bridgehead atoms. The van der Waals surface area contributed by atoms with Crippen LogP contribution in [0.2, 0.25) is 0 Å². The SMILES string of the molecule is O=C(Nc1cc(OCCc2cc(NC(=O)c3ccc4nnnn4n3)c(C(=O)O)cc2F)ccc1C(=O)O)c1ccc(-n2ccnc2)nn1. The summed E-state index contributed by atoms with van der Waals surface area (Å²) in [4.78, 5) is 53.3. The quantitative estimate of drug-likeness (QED) is 0.157. The molecule has 2 aromatic carbocycles. The Bertz CT molecular complexity index is 2190. The van der Waals surface area contributed by atoms with Gasteiger partial charge in [0.2, 0.25) is 0 Å². The first kappa shape index (κ1) is 30.8. The number of rotatable bonds is 11. The number of carbonyl (C=O) groups excluding carboxylic acids is 2. The number of fused-ring (bicyclic) bond motifs is 1. The highest BCUT2D eigenvalue weighted by atomic mass is 19.1. The molecule has 48 heavy (non-hydrogen) atoms. The molecule has 0 saturated heterocycles. The van der Waals surface area contributed by atoms with E-state index in [1.54, 1.807) is 17.0 Å². The van der Waals surface area contributed by atoms with Crippen molar-refractivity contribution in [2.75, 3.05) is 17.2 Å². The van der Waals surface area contributed by atoms with Crippen LogP contribution in [0.15, 0.2) is 73.3 Å². The van der Waals surface area contributed by atoms with E-state index >= 15 is 0 Å². The molecule has 18 nitrogen and oxygen atoms in total. The Hall–Kier alpha value is -7.18. The van der Waals surface area contributed by atoms with Gasteiger partial charge < -0.3 is 25.6 Å². The summed E-state index contributed by atoms with van der Waals surface area (Å²) in [6.45, 7) is -0.158. The van der Waals surface area contributed by atoms with Crippen LogP contribution in [0.5, 0.6) is 5.75 Å². The van der Waals surface area contributed by atoms with Gasteiger partial charge in [-0.15, -0.1) is 25.0 Å². The molecule has 4 aromatic heterocycles. The molecule has 6 aromatic rings. The van der Waals surface area contributed by atoms with Gasteiger partial charge in [0.1, 0.15) is 17.9 Å². The number of halogens is 1. The normalized spacial score (nSPS) is 10.9. The summed E-state index contributed by atoms with van der Waals surface area (Å²) in [6, 6.07) is 11.5. The average molecular weight is 654 g/mol. The predicted octanol–water partition coefficient (Wildman–Crippen LogP) is 2.16. The van der Waals surface area contributed by atoms with Gasteiger partial charge in [0.05, 0.1) is 29.1 Å². The molecular formula is C29H20FN11O7. The molecule has 0 atom stereocenters. The van der Waals surface area contributed by atoms with Crippen LogP contribution in [0.4, 0.5) is 15.8 Å². The Morgan fingerprint density at radius 1 is 0.833 bits per heavy atom. The fraction of sp³-hybridized carbons (Fsp3) is 0.0690. The minimum Gasteiger partial charge on any atom is -0.493 e. The molecule has 19 heteroatoms. The fourth-order valence-corrected chi connectivity index (χ4v) is 4.39. The predicted molar refractivity (Wildman–Crippen MR) is 160 cm³/mol. The number of hydrogen-bond donors (Lipinski definition) is 4. The molecular weight excluding hydrogens is 633 g/mol. The zero-order valence-electron chi connectivity index (χ0n) is 24.2. The van der Waals surface area contributed by atoms with Gasteiger partial charge >= 0.3 is 11.9 Å². The van der Waals surface area contributed by atoms with Crippen LogP contribution in [0.1, 0.15) is 47.3 Å². The lowest BCUT2D eigenvalue weighted by Crippen LogP contribution is -2.18. The number of carbonyl (C=O) groups is 4. The zero-order valence-corrected chi connectivity index (χ0v) is 24.2. The first-order valence-corrected chi connectivity index (χ1v) is 13.7. The summed E-state index contributed by atoms with van der Waals surface area (Å²) < 4.78 is 23.2. The molecule has 0 unspecified atom stereocenters. The molecule has 6 rings (SSSR count). The van der Waals surface area contributed by atoms with Gasteiger partial charge in [-0.3, -0.25) is 14.2 Å². The van der Waals surface area contributed by atoms with Crippen LogP contribution < -0.4 is 15.4 Å². The maximum absolute atomic E-state index is 14.9. The molecule has 0 radical (unpaired) electrons. The lowest BCUT2D eigenvalue weighted by Gasteiger charge is -2.14. The summed E-state index contributed by atoms with van der Waals surface area (Å²) in [5.74, 6) is -4.65. The minimum absolute atomic E-state index is 0.00702. The second kappa shape index (κ2) is 13.0. The minimum atomic E-state index is -1.48. The van der Waals surface area contributed by atoms with E-state index in [4.69, 9.17) is 4.74 Å². The molecule has 0 fully saturated rings. The third-order valence-corrected chi connectivity index (χ3v) is 6.73. The lowest BCUT2D eigenvalue weighted by atomic mass is 10.1. The van der Waals surface area contributed by atoms with Crippen molar-refractivity contribution >= 4 is 40.8 Å². The number of benzene rings is 2. The van der Waals surface area contributed by atoms with Gasteiger partial charge in [0.15, 0.2) is 22.9 Å². The smallest absolute Gasteiger partial charge is 0.337 e. The van der Waals surface area contributed by atoms with Crippen molar-refractivity contribution in [3.8, 4) is 11.6 Å². The van der Waals surface area contributed by atoms with E-state index in [0.717, 1.165) is 16.8 Å². The third kappa shape index (κ3) is 6.59. The maximum atomic E-state index is 14.9. The molecule has 240 valence electrons. The number of aromatic nitrogens is 9. The Morgan fingerprint density at radius 2 is 1.58 bits per heavy atom. The first-order chi connectivity index (χ1) is 23.2. The summed E-state index contributed by atoms with van der Waals surface area (Å²) in [7, 11) is 0. The third-order valence-electron chi connectivity index (χ3n) is 6.73. The van der Waals surface area contributed by atoms with Crippen LogP contribution in [0, 0.1) is 5.82 Å². The number of carboxylic acid groups (broad SMARTS) is 2. The monoisotopic (exact) mass is 653 g/mol. The second-order valence-electron chi connectivity index (χ2n) is 9.81. The van der Waals surface area contributed by atoms with Crippen molar-refractivity contribution < 1.29 is 38.5 Å². The standard InChI is InChI=1S/C29H20FN11O7/c30-19-13-18(29(46)47)22(32-27(43)21-4-6-25-36-38-39-41(25)37-21)11-15(19)7-10-48-16-1-2-17(28(44)45)23(12-16)33-26(42)20-3-5-24(35-34-20)40-9-8-31-14-40/h1-6,8-9,11-14H,7,10H2,(H,32,43)(H,33,42)(H,44,45)(H,46,47). The molecule has 0 saturated carbocycles. The largest absolute Gasteiger partial charge is 0.493 e.